The van der Waals surface area contributed by atoms with Crippen LogP contribution in [-0.4, -0.2) is 89.2 Å². The summed E-state index contributed by atoms with van der Waals surface area (Å²) in [7, 11) is 3.83. The first kappa shape index (κ1) is 28.6. The number of ether oxygens (including phenoxy) is 2. The van der Waals surface area contributed by atoms with Crippen molar-refractivity contribution in [3.63, 3.8) is 0 Å². The van der Waals surface area contributed by atoms with Gasteiger partial charge in [0, 0.05) is 67.4 Å². The lowest BCUT2D eigenvalue weighted by Crippen LogP contribution is -2.45. The first-order chi connectivity index (χ1) is 19.6. The number of pyridine rings is 1. The molecule has 3 heterocycles. The highest BCUT2D eigenvalue weighted by Gasteiger charge is 2.22. The van der Waals surface area contributed by atoms with Crippen LogP contribution in [0.3, 0.4) is 0 Å². The molecule has 2 aromatic carbocycles. The van der Waals surface area contributed by atoms with Gasteiger partial charge in [0.05, 0.1) is 24.2 Å². The molecular weight excluding hydrogens is 540 g/mol. The van der Waals surface area contributed by atoms with Crippen LogP contribution in [0.1, 0.15) is 17.5 Å². The van der Waals surface area contributed by atoms with Crippen LogP contribution in [0.5, 0.6) is 11.5 Å². The standard InChI is InChI=1S/C31H34N6O3.ClH/c1-36-13-15-37(16-14-36)17-18-40-27-8-5-24(20-28(27)39-2)31-33-29(21-9-11-32-12-10-21)30(34-31)23-3-6-25-22(19-23)4-7-26(25)35-38;/h3,5-6,8-12,19-20,38H,4,7,13-18H2,1-2H3,(H,33,34);1H. The zero-order valence-electron chi connectivity index (χ0n) is 23.3. The van der Waals surface area contributed by atoms with Crippen molar-refractivity contribution < 1.29 is 14.7 Å². The number of likely N-dealkylation sites (N-methyl/N-ethyl adjacent to an activating group) is 1. The van der Waals surface area contributed by atoms with Gasteiger partial charge < -0.3 is 24.6 Å². The molecule has 41 heavy (non-hydrogen) atoms. The average Bonchev–Trinajstić information content (AvgIpc) is 3.63. The lowest BCUT2D eigenvalue weighted by atomic mass is 10.0. The number of nitrogens with zero attached hydrogens (tertiary/aromatic N) is 5. The molecule has 2 aromatic heterocycles. The van der Waals surface area contributed by atoms with E-state index in [1.54, 1.807) is 19.5 Å². The number of aromatic nitrogens is 3. The van der Waals surface area contributed by atoms with Gasteiger partial charge in [-0.2, -0.15) is 0 Å². The number of H-pyrrole nitrogens is 1. The Morgan fingerprint density at radius 2 is 1.71 bits per heavy atom. The van der Waals surface area contributed by atoms with E-state index in [0.717, 1.165) is 102 Å². The fourth-order valence-electron chi connectivity index (χ4n) is 5.46. The molecule has 0 spiro atoms. The molecule has 0 atom stereocenters. The summed E-state index contributed by atoms with van der Waals surface area (Å²) < 4.78 is 11.8. The molecule has 4 aromatic rings. The van der Waals surface area contributed by atoms with Crippen molar-refractivity contribution in [3.8, 4) is 45.4 Å². The van der Waals surface area contributed by atoms with Gasteiger partial charge >= 0.3 is 0 Å². The maximum absolute atomic E-state index is 9.34. The first-order valence-electron chi connectivity index (χ1n) is 13.7. The van der Waals surface area contributed by atoms with E-state index in [2.05, 4.69) is 38.0 Å². The summed E-state index contributed by atoms with van der Waals surface area (Å²) in [6, 6.07) is 16.1. The van der Waals surface area contributed by atoms with Gasteiger partial charge in [-0.1, -0.05) is 17.3 Å². The number of methoxy groups -OCH3 is 1. The van der Waals surface area contributed by atoms with Crippen molar-refractivity contribution in [2.45, 2.75) is 12.8 Å². The van der Waals surface area contributed by atoms with Gasteiger partial charge in [-0.25, -0.2) is 4.98 Å². The molecule has 214 valence electrons. The van der Waals surface area contributed by atoms with Crippen LogP contribution in [0.2, 0.25) is 0 Å². The quantitative estimate of drug-likeness (QED) is 0.226. The SMILES string of the molecule is COc1cc(-c2nc(-c3ccc4c(c3)CCC4=NO)c(-c3ccncc3)[nH]2)ccc1OCCN1CCN(C)CC1.Cl. The summed E-state index contributed by atoms with van der Waals surface area (Å²) in [5.74, 6) is 2.14. The number of fused-ring (bicyclic) bond motifs is 1. The third-order valence-corrected chi connectivity index (χ3v) is 7.81. The van der Waals surface area contributed by atoms with Gasteiger partial charge in [-0.3, -0.25) is 9.88 Å². The van der Waals surface area contributed by atoms with Crippen LogP contribution in [0.15, 0.2) is 66.1 Å². The van der Waals surface area contributed by atoms with E-state index in [1.165, 1.54) is 0 Å². The molecule has 1 fully saturated rings. The van der Waals surface area contributed by atoms with E-state index in [-0.39, 0.29) is 12.4 Å². The molecule has 0 amide bonds. The molecule has 9 nitrogen and oxygen atoms in total. The van der Waals surface area contributed by atoms with E-state index in [4.69, 9.17) is 14.5 Å². The second kappa shape index (κ2) is 12.7. The van der Waals surface area contributed by atoms with E-state index in [1.807, 2.05) is 42.5 Å². The average molecular weight is 575 g/mol. The summed E-state index contributed by atoms with van der Waals surface area (Å²) in [6.45, 7) is 5.82. The van der Waals surface area contributed by atoms with Crippen LogP contribution in [-0.2, 0) is 6.42 Å². The van der Waals surface area contributed by atoms with Gasteiger partial charge in [0.1, 0.15) is 12.4 Å². The Morgan fingerprint density at radius 1 is 0.927 bits per heavy atom. The van der Waals surface area contributed by atoms with Crippen LogP contribution >= 0.6 is 12.4 Å². The summed E-state index contributed by atoms with van der Waals surface area (Å²) in [5.41, 5.74) is 7.57. The number of aryl methyl sites for hydroxylation is 1. The number of imidazole rings is 1. The second-order valence-electron chi connectivity index (χ2n) is 10.3. The molecule has 0 unspecified atom stereocenters. The minimum absolute atomic E-state index is 0. The van der Waals surface area contributed by atoms with Crippen molar-refractivity contribution in [2.24, 2.45) is 5.16 Å². The molecule has 10 heteroatoms. The molecule has 0 radical (unpaired) electrons. The fourth-order valence-corrected chi connectivity index (χ4v) is 5.46. The molecule has 1 saturated heterocycles. The van der Waals surface area contributed by atoms with Crippen LogP contribution in [0, 0.1) is 0 Å². The number of hydrogen-bond acceptors (Lipinski definition) is 8. The van der Waals surface area contributed by atoms with Crippen molar-refractivity contribution in [1.82, 2.24) is 24.8 Å². The Morgan fingerprint density at radius 3 is 2.46 bits per heavy atom. The van der Waals surface area contributed by atoms with E-state index in [9.17, 15) is 5.21 Å². The summed E-state index contributed by atoms with van der Waals surface area (Å²) >= 11 is 0. The zero-order chi connectivity index (χ0) is 27.5. The van der Waals surface area contributed by atoms with Gasteiger partial charge in [0.25, 0.3) is 0 Å². The van der Waals surface area contributed by atoms with Gasteiger partial charge in [0.2, 0.25) is 0 Å². The number of hydrogen-bond donors (Lipinski definition) is 2. The largest absolute Gasteiger partial charge is 0.493 e. The molecule has 6 rings (SSSR count). The smallest absolute Gasteiger partial charge is 0.161 e. The van der Waals surface area contributed by atoms with Gasteiger partial charge in [0.15, 0.2) is 11.5 Å². The number of halogens is 1. The first-order valence-corrected chi connectivity index (χ1v) is 13.7. The molecule has 2 N–H and O–H groups in total. The molecule has 1 aliphatic heterocycles. The summed E-state index contributed by atoms with van der Waals surface area (Å²) in [6.07, 6.45) is 5.15. The number of nitrogens with one attached hydrogen (secondary N) is 1. The molecular formula is C31H35ClN6O3. The summed E-state index contributed by atoms with van der Waals surface area (Å²) in [4.78, 5) is 17.6. The predicted molar refractivity (Wildman–Crippen MR) is 163 cm³/mol. The third-order valence-electron chi connectivity index (χ3n) is 7.81. The van der Waals surface area contributed by atoms with Gasteiger partial charge in [-0.05, 0) is 61.9 Å². The highest BCUT2D eigenvalue weighted by atomic mass is 35.5. The van der Waals surface area contributed by atoms with E-state index >= 15 is 0 Å². The van der Waals surface area contributed by atoms with Crippen molar-refractivity contribution >= 4 is 18.1 Å². The number of benzene rings is 2. The molecule has 0 bridgehead atoms. The monoisotopic (exact) mass is 574 g/mol. The highest BCUT2D eigenvalue weighted by molar-refractivity contribution is 6.04. The maximum Gasteiger partial charge on any atom is 0.161 e. The maximum atomic E-state index is 9.34. The predicted octanol–water partition coefficient (Wildman–Crippen LogP) is 4.99. The number of oxime groups is 1. The minimum atomic E-state index is 0. The number of rotatable bonds is 8. The summed E-state index contributed by atoms with van der Waals surface area (Å²) in [5, 5.41) is 12.8. The fraction of sp³-hybridized carbons (Fsp3) is 0.323. The molecule has 1 aliphatic carbocycles. The van der Waals surface area contributed by atoms with E-state index in [0.29, 0.717) is 12.4 Å². The number of piperazine rings is 1. The lowest BCUT2D eigenvalue weighted by molar-refractivity contribution is 0.133. The van der Waals surface area contributed by atoms with E-state index < -0.39 is 0 Å². The van der Waals surface area contributed by atoms with Crippen LogP contribution in [0.4, 0.5) is 0 Å². The Labute approximate surface area is 246 Å². The Hall–Kier alpha value is -3.92. The third kappa shape index (κ3) is 6.07. The minimum Gasteiger partial charge on any atom is -0.493 e. The van der Waals surface area contributed by atoms with Crippen LogP contribution < -0.4 is 9.47 Å². The van der Waals surface area contributed by atoms with Crippen molar-refractivity contribution in [1.29, 1.82) is 0 Å². The molecule has 0 saturated carbocycles. The molecule has 2 aliphatic rings. The number of aromatic amines is 1. The second-order valence-corrected chi connectivity index (χ2v) is 10.3. The highest BCUT2D eigenvalue weighted by Crippen LogP contribution is 2.37. The topological polar surface area (TPSA) is 99.1 Å². The van der Waals surface area contributed by atoms with Crippen molar-refractivity contribution in [2.75, 3.05) is 53.5 Å². The van der Waals surface area contributed by atoms with Crippen LogP contribution in [0.25, 0.3) is 33.9 Å². The Bertz CT molecular complexity index is 1520. The zero-order valence-corrected chi connectivity index (χ0v) is 24.2. The van der Waals surface area contributed by atoms with Gasteiger partial charge in [-0.15, -0.1) is 12.4 Å². The lowest BCUT2D eigenvalue weighted by Gasteiger charge is -2.32. The Kier molecular flexibility index (Phi) is 8.87. The van der Waals surface area contributed by atoms with Crippen molar-refractivity contribution in [3.05, 3.63) is 72.1 Å². The normalized spacial score (nSPS) is 16.4. The Balaban J connectivity index is 0.00000337.